The van der Waals surface area contributed by atoms with Gasteiger partial charge in [0.05, 0.1) is 0 Å². The van der Waals surface area contributed by atoms with Crippen LogP contribution in [-0.4, -0.2) is 23.8 Å². The lowest BCUT2D eigenvalue weighted by atomic mass is 10.1. The van der Waals surface area contributed by atoms with Gasteiger partial charge in [-0.05, 0) is 36.2 Å². The molecule has 0 fully saturated rings. The van der Waals surface area contributed by atoms with E-state index in [1.807, 2.05) is 24.3 Å². The van der Waals surface area contributed by atoms with Crippen molar-refractivity contribution in [2.24, 2.45) is 4.99 Å². The second kappa shape index (κ2) is 8.65. The predicted molar refractivity (Wildman–Crippen MR) is 105 cm³/mol. The predicted octanol–water partition coefficient (Wildman–Crippen LogP) is 4.01. The quantitative estimate of drug-likeness (QED) is 0.535. The summed E-state index contributed by atoms with van der Waals surface area (Å²) in [7, 11) is 0. The number of nitrogens with zero attached hydrogens (tertiary/aromatic N) is 2. The van der Waals surface area contributed by atoms with Crippen LogP contribution >= 0.6 is 34.8 Å². The molecule has 2 aromatic rings. The van der Waals surface area contributed by atoms with Crippen molar-refractivity contribution >= 4 is 40.8 Å². The second-order valence-corrected chi connectivity index (χ2v) is 7.01. The number of hydrogen-bond donors (Lipinski definition) is 2. The van der Waals surface area contributed by atoms with Gasteiger partial charge in [-0.2, -0.15) is 0 Å². The molecule has 142 valence electrons. The summed E-state index contributed by atoms with van der Waals surface area (Å²) in [6.45, 7) is 0.557. The van der Waals surface area contributed by atoms with Crippen LogP contribution in [-0.2, 0) is 11.3 Å². The average Bonchev–Trinajstić information content (AvgIpc) is 2.98. The zero-order valence-corrected chi connectivity index (χ0v) is 16.1. The Kier molecular flexibility index (Phi) is 6.26. The molecule has 1 aliphatic rings. The molecule has 1 heterocycles. The van der Waals surface area contributed by atoms with Gasteiger partial charge in [0, 0.05) is 27.2 Å². The number of benzene rings is 2. The van der Waals surface area contributed by atoms with Gasteiger partial charge in [0.15, 0.2) is 5.96 Å². The summed E-state index contributed by atoms with van der Waals surface area (Å²) in [5, 5.41) is 17.3. The Hall–Kier alpha value is -2.22. The average molecular weight is 430 g/mol. The number of halogens is 3. The van der Waals surface area contributed by atoms with Gasteiger partial charge in [-0.15, -0.1) is 10.1 Å². The minimum atomic E-state index is -1.03. The van der Waals surface area contributed by atoms with Gasteiger partial charge in [-0.3, -0.25) is 4.84 Å². The Labute approximate surface area is 170 Å². The van der Waals surface area contributed by atoms with E-state index in [2.05, 4.69) is 15.6 Å². The molecule has 2 N–H and O–H groups in total. The van der Waals surface area contributed by atoms with Crippen LogP contribution in [0.5, 0.6) is 0 Å². The third kappa shape index (κ3) is 4.94. The van der Waals surface area contributed by atoms with Crippen molar-refractivity contribution in [1.29, 1.82) is 0 Å². The Bertz CT molecular complexity index is 841. The maximum absolute atomic E-state index is 10.8. The third-order valence-corrected chi connectivity index (χ3v) is 4.86. The lowest BCUT2D eigenvalue weighted by Gasteiger charge is -2.18. The number of hydrogen-bond acceptors (Lipinski definition) is 6. The molecule has 1 aliphatic heterocycles. The topological polar surface area (TPSA) is 88.8 Å². The lowest BCUT2D eigenvalue weighted by Crippen LogP contribution is -2.42. The Morgan fingerprint density at radius 1 is 1.15 bits per heavy atom. The van der Waals surface area contributed by atoms with E-state index in [4.69, 9.17) is 39.6 Å². The number of aliphatic imine (C=N–C) groups is 1. The molecule has 2 aromatic carbocycles. The van der Waals surface area contributed by atoms with E-state index >= 15 is 0 Å². The molecule has 3 rings (SSSR count). The Balaban J connectivity index is 1.72. The SMILES string of the molecule is O=[N+]([O-])OC1NC(NCCc2ccc(Cl)cc2)=NC1c1c(Cl)cccc1Cl. The fourth-order valence-electron chi connectivity index (χ4n) is 2.72. The van der Waals surface area contributed by atoms with Crippen LogP contribution in [0.2, 0.25) is 15.1 Å². The molecule has 0 aromatic heterocycles. The monoisotopic (exact) mass is 428 g/mol. The number of guanidine groups is 1. The summed E-state index contributed by atoms with van der Waals surface area (Å²) in [6, 6.07) is 11.7. The van der Waals surface area contributed by atoms with E-state index in [9.17, 15) is 10.1 Å². The first kappa shape index (κ1) is 19.5. The molecule has 0 amide bonds. The summed E-state index contributed by atoms with van der Waals surface area (Å²) in [6.07, 6.45) is -0.314. The highest BCUT2D eigenvalue weighted by molar-refractivity contribution is 6.36. The van der Waals surface area contributed by atoms with Crippen molar-refractivity contribution in [3.05, 3.63) is 78.8 Å². The maximum Gasteiger partial charge on any atom is 0.296 e. The van der Waals surface area contributed by atoms with E-state index in [0.29, 0.717) is 33.1 Å². The molecule has 0 saturated carbocycles. The normalized spacial score (nSPS) is 18.6. The minimum absolute atomic E-state index is 0.359. The van der Waals surface area contributed by atoms with Crippen LogP contribution in [0.1, 0.15) is 17.2 Å². The number of rotatable bonds is 6. The van der Waals surface area contributed by atoms with Gasteiger partial charge in [0.25, 0.3) is 5.09 Å². The molecule has 0 radical (unpaired) electrons. The van der Waals surface area contributed by atoms with Crippen LogP contribution in [0, 0.1) is 10.1 Å². The highest BCUT2D eigenvalue weighted by atomic mass is 35.5. The zero-order chi connectivity index (χ0) is 19.4. The van der Waals surface area contributed by atoms with Gasteiger partial charge in [0.1, 0.15) is 6.04 Å². The minimum Gasteiger partial charge on any atom is -0.356 e. The van der Waals surface area contributed by atoms with Gasteiger partial charge in [-0.25, -0.2) is 4.99 Å². The van der Waals surface area contributed by atoms with Crippen molar-refractivity contribution in [1.82, 2.24) is 10.6 Å². The smallest absolute Gasteiger partial charge is 0.296 e. The standard InChI is InChI=1S/C17H15Cl3N4O3/c18-11-6-4-10(5-7-11)8-9-21-17-22-15(16(23-17)27-24(25)26)14-12(19)2-1-3-13(14)20/h1-7,15-16H,8-9H2,(H2,21,22,23). The summed E-state index contributed by atoms with van der Waals surface area (Å²) >= 11 is 18.3. The van der Waals surface area contributed by atoms with E-state index < -0.39 is 17.4 Å². The fraction of sp³-hybridized carbons (Fsp3) is 0.235. The van der Waals surface area contributed by atoms with E-state index in [1.165, 1.54) is 0 Å². The molecular weight excluding hydrogens is 415 g/mol. The van der Waals surface area contributed by atoms with Gasteiger partial charge < -0.3 is 10.6 Å². The Morgan fingerprint density at radius 3 is 2.44 bits per heavy atom. The summed E-state index contributed by atoms with van der Waals surface area (Å²) in [4.78, 5) is 20.0. The van der Waals surface area contributed by atoms with Gasteiger partial charge >= 0.3 is 0 Å². The highest BCUT2D eigenvalue weighted by Gasteiger charge is 2.35. The first-order chi connectivity index (χ1) is 12.9. The lowest BCUT2D eigenvalue weighted by molar-refractivity contribution is -0.770. The van der Waals surface area contributed by atoms with Crippen molar-refractivity contribution < 1.29 is 9.92 Å². The van der Waals surface area contributed by atoms with Crippen molar-refractivity contribution in [3.8, 4) is 0 Å². The highest BCUT2D eigenvalue weighted by Crippen LogP contribution is 2.36. The van der Waals surface area contributed by atoms with Crippen LogP contribution in [0.15, 0.2) is 47.5 Å². The molecule has 0 saturated heterocycles. The molecule has 7 nitrogen and oxygen atoms in total. The van der Waals surface area contributed by atoms with Crippen molar-refractivity contribution in [2.75, 3.05) is 6.54 Å². The van der Waals surface area contributed by atoms with Crippen LogP contribution in [0.3, 0.4) is 0 Å². The molecule has 27 heavy (non-hydrogen) atoms. The number of nitrogens with one attached hydrogen (secondary N) is 2. The molecule has 0 bridgehead atoms. The van der Waals surface area contributed by atoms with Crippen LogP contribution in [0.4, 0.5) is 0 Å². The van der Waals surface area contributed by atoms with E-state index in [-0.39, 0.29) is 0 Å². The summed E-state index contributed by atoms with van der Waals surface area (Å²) < 4.78 is 0. The molecule has 0 spiro atoms. The van der Waals surface area contributed by atoms with E-state index in [0.717, 1.165) is 12.0 Å². The Morgan fingerprint density at radius 2 is 1.81 bits per heavy atom. The maximum atomic E-state index is 10.8. The first-order valence-corrected chi connectivity index (χ1v) is 9.15. The van der Waals surface area contributed by atoms with Crippen LogP contribution in [0.25, 0.3) is 0 Å². The van der Waals surface area contributed by atoms with Crippen molar-refractivity contribution in [3.63, 3.8) is 0 Å². The summed E-state index contributed by atoms with van der Waals surface area (Å²) in [5.41, 5.74) is 1.56. The molecule has 10 heteroatoms. The van der Waals surface area contributed by atoms with Crippen molar-refractivity contribution in [2.45, 2.75) is 18.7 Å². The first-order valence-electron chi connectivity index (χ1n) is 8.02. The third-order valence-electron chi connectivity index (χ3n) is 3.95. The molecular formula is C17H15Cl3N4O3. The fourth-order valence-corrected chi connectivity index (χ4v) is 3.46. The zero-order valence-electron chi connectivity index (χ0n) is 13.9. The second-order valence-electron chi connectivity index (χ2n) is 5.76. The van der Waals surface area contributed by atoms with Gasteiger partial charge in [-0.1, -0.05) is 53.0 Å². The molecule has 0 aliphatic carbocycles. The van der Waals surface area contributed by atoms with Gasteiger partial charge in [0.2, 0.25) is 6.23 Å². The molecule has 2 atom stereocenters. The van der Waals surface area contributed by atoms with E-state index in [1.54, 1.807) is 18.2 Å². The summed E-state index contributed by atoms with van der Waals surface area (Å²) in [5.74, 6) is 0.372. The van der Waals surface area contributed by atoms with Crippen LogP contribution < -0.4 is 10.6 Å². The largest absolute Gasteiger partial charge is 0.356 e. The molecule has 2 unspecified atom stereocenters.